The van der Waals surface area contributed by atoms with Gasteiger partial charge in [-0.05, 0) is 17.7 Å². The number of fused-ring (bicyclic) bond motifs is 1. The largest absolute Gasteiger partial charge is 0.373 e. The molecule has 3 aromatic rings. The van der Waals surface area contributed by atoms with E-state index in [2.05, 4.69) is 65.6 Å². The number of benzene rings is 1. The second-order valence-corrected chi connectivity index (χ2v) is 8.29. The van der Waals surface area contributed by atoms with Crippen LogP contribution in [0.2, 0.25) is 0 Å². The quantitative estimate of drug-likeness (QED) is 0.273. The minimum absolute atomic E-state index is 0. The van der Waals surface area contributed by atoms with Crippen molar-refractivity contribution in [3.63, 3.8) is 0 Å². The third-order valence-electron chi connectivity index (χ3n) is 6.14. The third-order valence-corrected chi connectivity index (χ3v) is 6.14. The molecule has 1 aromatic carbocycles. The number of rotatable bonds is 6. The Hall–Kier alpha value is -2.57. The maximum absolute atomic E-state index is 6.11. The van der Waals surface area contributed by atoms with Crippen LogP contribution in [-0.4, -0.2) is 82.9 Å². The van der Waals surface area contributed by atoms with Crippen molar-refractivity contribution in [2.24, 2.45) is 4.99 Å². The van der Waals surface area contributed by atoms with Crippen molar-refractivity contribution in [1.29, 1.82) is 0 Å². The molecule has 2 aromatic heterocycles. The van der Waals surface area contributed by atoms with Gasteiger partial charge in [0.2, 0.25) is 0 Å². The summed E-state index contributed by atoms with van der Waals surface area (Å²) in [5.74, 6) is 1.96. The number of hydrogen-bond donors (Lipinski definition) is 1. The van der Waals surface area contributed by atoms with Gasteiger partial charge in [-0.2, -0.15) is 4.98 Å². The zero-order valence-electron chi connectivity index (χ0n) is 19.2. The zero-order valence-corrected chi connectivity index (χ0v) is 21.5. The molecule has 0 spiro atoms. The summed E-state index contributed by atoms with van der Waals surface area (Å²) in [6, 6.07) is 16.6. The number of hydrogen-bond acceptors (Lipinski definition) is 7. The highest BCUT2D eigenvalue weighted by molar-refractivity contribution is 14.0. The highest BCUT2D eigenvalue weighted by Gasteiger charge is 2.41. The molecule has 2 aliphatic heterocycles. The lowest BCUT2D eigenvalue weighted by molar-refractivity contribution is -0.0502. The van der Waals surface area contributed by atoms with E-state index in [9.17, 15) is 0 Å². The number of halogens is 1. The number of ether oxygens (including phenoxy) is 1. The van der Waals surface area contributed by atoms with Crippen molar-refractivity contribution in [2.75, 3.05) is 39.8 Å². The number of pyridine rings is 1. The number of aliphatic imine (C=N–C) groups is 1. The fraction of sp³-hybridized carbons (Fsp3) is 0.417. The van der Waals surface area contributed by atoms with Crippen molar-refractivity contribution in [3.05, 3.63) is 66.1 Å². The maximum Gasteiger partial charge on any atom is 0.276 e. The zero-order chi connectivity index (χ0) is 22.5. The Labute approximate surface area is 216 Å². The van der Waals surface area contributed by atoms with Gasteiger partial charge in [-0.15, -0.1) is 24.0 Å². The summed E-state index contributed by atoms with van der Waals surface area (Å²) in [6.45, 7) is 5.05. The van der Waals surface area contributed by atoms with Crippen molar-refractivity contribution in [1.82, 2.24) is 30.2 Å². The molecule has 10 heteroatoms. The highest BCUT2D eigenvalue weighted by atomic mass is 127. The van der Waals surface area contributed by atoms with E-state index in [-0.39, 0.29) is 30.1 Å². The molecule has 2 aliphatic rings. The monoisotopic (exact) mass is 575 g/mol. The number of nitrogens with zero attached hydrogens (tertiary/aromatic N) is 6. The summed E-state index contributed by atoms with van der Waals surface area (Å²) in [7, 11) is 1.82. The van der Waals surface area contributed by atoms with E-state index in [4.69, 9.17) is 9.26 Å². The molecule has 0 saturated carbocycles. The molecule has 2 atom stereocenters. The first-order valence-corrected chi connectivity index (χ1v) is 11.4. The summed E-state index contributed by atoms with van der Waals surface area (Å²) >= 11 is 0. The second kappa shape index (κ2) is 11.7. The Kier molecular flexibility index (Phi) is 8.46. The van der Waals surface area contributed by atoms with Gasteiger partial charge in [0.1, 0.15) is 5.69 Å². The fourth-order valence-corrected chi connectivity index (χ4v) is 4.51. The Bertz CT molecular complexity index is 1060. The van der Waals surface area contributed by atoms with E-state index in [1.54, 1.807) is 6.20 Å². The molecule has 0 bridgehead atoms. The molecule has 0 radical (unpaired) electrons. The van der Waals surface area contributed by atoms with Gasteiger partial charge in [0.05, 0.1) is 18.8 Å². The molecule has 4 heterocycles. The number of nitrogens with one attached hydrogen (secondary N) is 1. The van der Waals surface area contributed by atoms with E-state index in [1.807, 2.05) is 25.2 Å². The van der Waals surface area contributed by atoms with Gasteiger partial charge in [0, 0.05) is 52.4 Å². The molecule has 2 fully saturated rings. The van der Waals surface area contributed by atoms with Crippen LogP contribution in [0, 0.1) is 0 Å². The summed E-state index contributed by atoms with van der Waals surface area (Å²) in [5.41, 5.74) is 2.02. The molecule has 2 saturated heterocycles. The Balaban J connectivity index is 0.00000274. The van der Waals surface area contributed by atoms with Crippen LogP contribution in [0.3, 0.4) is 0 Å². The third kappa shape index (κ3) is 5.73. The van der Waals surface area contributed by atoms with Gasteiger partial charge in [0.25, 0.3) is 5.89 Å². The minimum Gasteiger partial charge on any atom is -0.373 e. The van der Waals surface area contributed by atoms with Gasteiger partial charge < -0.3 is 19.5 Å². The van der Waals surface area contributed by atoms with Crippen molar-refractivity contribution in [2.45, 2.75) is 25.1 Å². The average molecular weight is 575 g/mol. The molecule has 34 heavy (non-hydrogen) atoms. The average Bonchev–Trinajstić information content (AvgIpc) is 3.51. The fourth-order valence-electron chi connectivity index (χ4n) is 4.51. The van der Waals surface area contributed by atoms with Crippen LogP contribution < -0.4 is 5.32 Å². The first-order chi connectivity index (χ1) is 16.3. The summed E-state index contributed by atoms with van der Waals surface area (Å²) in [4.78, 5) is 18.0. The van der Waals surface area contributed by atoms with Crippen molar-refractivity contribution in [3.8, 4) is 11.6 Å². The maximum atomic E-state index is 6.11. The minimum atomic E-state index is 0. The molecule has 180 valence electrons. The lowest BCUT2D eigenvalue weighted by Gasteiger charge is -2.36. The Morgan fingerprint density at radius 2 is 2.00 bits per heavy atom. The Morgan fingerprint density at radius 3 is 2.79 bits per heavy atom. The van der Waals surface area contributed by atoms with E-state index >= 15 is 0 Å². The summed E-state index contributed by atoms with van der Waals surface area (Å²) in [6.07, 6.45) is 2.54. The van der Waals surface area contributed by atoms with E-state index < -0.39 is 0 Å². The van der Waals surface area contributed by atoms with E-state index in [1.165, 1.54) is 5.56 Å². The predicted molar refractivity (Wildman–Crippen MR) is 140 cm³/mol. The molecule has 0 amide bonds. The number of morpholine rings is 1. The van der Waals surface area contributed by atoms with Crippen LogP contribution in [0.25, 0.3) is 11.6 Å². The van der Waals surface area contributed by atoms with Crippen molar-refractivity contribution >= 4 is 29.9 Å². The molecule has 2 unspecified atom stereocenters. The van der Waals surface area contributed by atoms with Gasteiger partial charge >= 0.3 is 0 Å². The van der Waals surface area contributed by atoms with Gasteiger partial charge in [-0.25, -0.2) is 0 Å². The normalized spacial score (nSPS) is 20.6. The molecular weight excluding hydrogens is 545 g/mol. The van der Waals surface area contributed by atoms with E-state index in [0.717, 1.165) is 38.7 Å². The lowest BCUT2D eigenvalue weighted by Crippen LogP contribution is -2.50. The smallest absolute Gasteiger partial charge is 0.276 e. The standard InChI is InChI=1S/C24H29N7O2.HI/c1-25-24(27-12-10-22-28-23(33-29-22)19-9-5-6-11-26-19)31-16-20-21(17-31)32-14-13-30(20)15-18-7-3-2-4-8-18;/h2-9,11,20-21H,10,12-17H2,1H3,(H,25,27);1H. The SMILES string of the molecule is CN=C(NCCc1noc(-c2ccccn2)n1)N1CC2OCCN(Cc3ccccc3)C2C1.I. The van der Waals surface area contributed by atoms with Crippen LogP contribution in [-0.2, 0) is 17.7 Å². The van der Waals surface area contributed by atoms with Gasteiger partial charge in [-0.1, -0.05) is 41.6 Å². The molecular formula is C24H30IN7O2. The molecule has 0 aliphatic carbocycles. The van der Waals surface area contributed by atoms with Crippen LogP contribution in [0.1, 0.15) is 11.4 Å². The topological polar surface area (TPSA) is 91.9 Å². The lowest BCUT2D eigenvalue weighted by atomic mass is 10.1. The van der Waals surface area contributed by atoms with E-state index in [0.29, 0.717) is 36.4 Å². The van der Waals surface area contributed by atoms with Crippen LogP contribution in [0.5, 0.6) is 0 Å². The molecule has 5 rings (SSSR count). The van der Waals surface area contributed by atoms with Crippen LogP contribution >= 0.6 is 24.0 Å². The molecule has 1 N–H and O–H groups in total. The first kappa shape index (κ1) is 24.6. The summed E-state index contributed by atoms with van der Waals surface area (Å²) < 4.78 is 11.5. The van der Waals surface area contributed by atoms with Crippen molar-refractivity contribution < 1.29 is 9.26 Å². The second-order valence-electron chi connectivity index (χ2n) is 8.29. The first-order valence-electron chi connectivity index (χ1n) is 11.4. The summed E-state index contributed by atoms with van der Waals surface area (Å²) in [5, 5.41) is 7.52. The predicted octanol–water partition coefficient (Wildman–Crippen LogP) is 2.45. The number of aromatic nitrogens is 3. The highest BCUT2D eigenvalue weighted by Crippen LogP contribution is 2.24. The van der Waals surface area contributed by atoms with Crippen LogP contribution in [0.4, 0.5) is 0 Å². The molecule has 9 nitrogen and oxygen atoms in total. The van der Waals surface area contributed by atoms with Gasteiger partial charge in [-0.3, -0.25) is 14.9 Å². The van der Waals surface area contributed by atoms with Gasteiger partial charge in [0.15, 0.2) is 11.8 Å². The van der Waals surface area contributed by atoms with Crippen LogP contribution in [0.15, 0.2) is 64.2 Å². The number of guanidine groups is 1. The number of likely N-dealkylation sites (tertiary alicyclic amines) is 1. The Morgan fingerprint density at radius 1 is 1.15 bits per heavy atom.